The maximum Gasteiger partial charge on any atom is 0.141 e. The van der Waals surface area contributed by atoms with Crippen LogP contribution in [-0.2, 0) is 10.8 Å². The fourth-order valence-corrected chi connectivity index (χ4v) is 3.49. The number of phenolic OH excluding ortho intramolecular Hbond substituents is 2. The van der Waals surface area contributed by atoms with Crippen LogP contribution in [0.2, 0.25) is 0 Å². The molecule has 0 bridgehead atoms. The summed E-state index contributed by atoms with van der Waals surface area (Å²) in [6.07, 6.45) is 23.6. The summed E-state index contributed by atoms with van der Waals surface area (Å²) in [7, 11) is 0. The summed E-state index contributed by atoms with van der Waals surface area (Å²) in [5, 5.41) is 19.3. The smallest absolute Gasteiger partial charge is 0.141 e. The zero-order chi connectivity index (χ0) is 21.8. The monoisotopic (exact) mass is 386 g/mol. The van der Waals surface area contributed by atoms with Crippen LogP contribution in [0.1, 0.15) is 22.3 Å². The molecule has 0 spiro atoms. The molecule has 30 heavy (non-hydrogen) atoms. The Labute approximate surface area is 177 Å². The van der Waals surface area contributed by atoms with Crippen molar-refractivity contribution in [1.29, 1.82) is 0 Å². The lowest BCUT2D eigenvalue weighted by molar-refractivity contribution is 0.474. The number of benzene rings is 3. The number of phenols is 2. The van der Waals surface area contributed by atoms with E-state index in [1.807, 2.05) is 18.2 Å². The standard InChI is InChI=1S/C28H18O2/c1-5-27(6-2,21-12-16-25(29)17-13-21)23-10-9-11-24(20-23)28(7-3,8-4)22-14-18-26(30)19-15-22/h1-4,9-20,29-30H. The highest BCUT2D eigenvalue weighted by Crippen LogP contribution is 2.37. The Kier molecular flexibility index (Phi) is 5.30. The van der Waals surface area contributed by atoms with Crippen molar-refractivity contribution < 1.29 is 10.2 Å². The van der Waals surface area contributed by atoms with Crippen molar-refractivity contribution in [2.75, 3.05) is 0 Å². The van der Waals surface area contributed by atoms with E-state index in [-0.39, 0.29) is 11.5 Å². The van der Waals surface area contributed by atoms with Crippen molar-refractivity contribution in [3.8, 4) is 60.9 Å². The predicted molar refractivity (Wildman–Crippen MR) is 120 cm³/mol. The summed E-state index contributed by atoms with van der Waals surface area (Å²) in [4.78, 5) is 0. The number of hydrogen-bond donors (Lipinski definition) is 2. The normalized spacial score (nSPS) is 10.8. The maximum absolute atomic E-state index is 9.63. The van der Waals surface area contributed by atoms with E-state index in [1.165, 1.54) is 24.3 Å². The van der Waals surface area contributed by atoms with Gasteiger partial charge in [-0.2, -0.15) is 0 Å². The molecule has 0 unspecified atom stereocenters. The van der Waals surface area contributed by atoms with E-state index in [0.717, 1.165) is 0 Å². The Bertz CT molecular complexity index is 1110. The molecule has 0 aromatic heterocycles. The average molecular weight is 386 g/mol. The Morgan fingerprint density at radius 3 is 1.13 bits per heavy atom. The lowest BCUT2D eigenvalue weighted by atomic mass is 9.71. The predicted octanol–water partition coefficient (Wildman–Crippen LogP) is 4.20. The molecular formula is C28H18O2. The van der Waals surface area contributed by atoms with Crippen LogP contribution in [0.25, 0.3) is 0 Å². The van der Waals surface area contributed by atoms with Gasteiger partial charge in [-0.05, 0) is 46.5 Å². The zero-order valence-corrected chi connectivity index (χ0v) is 16.1. The minimum atomic E-state index is -1.17. The molecule has 3 aromatic rings. The van der Waals surface area contributed by atoms with Gasteiger partial charge in [-0.3, -0.25) is 0 Å². The van der Waals surface area contributed by atoms with Gasteiger partial charge in [0, 0.05) is 0 Å². The van der Waals surface area contributed by atoms with Crippen molar-refractivity contribution >= 4 is 0 Å². The SMILES string of the molecule is C#CC(C#C)(c1ccc(O)cc1)c1cccc(C(C#C)(C#C)c2ccc(O)cc2)c1. The molecule has 3 rings (SSSR count). The molecule has 0 amide bonds. The van der Waals surface area contributed by atoms with Crippen LogP contribution >= 0.6 is 0 Å². The molecular weight excluding hydrogens is 368 g/mol. The fourth-order valence-electron chi connectivity index (χ4n) is 3.49. The zero-order valence-electron chi connectivity index (χ0n) is 16.1. The van der Waals surface area contributed by atoms with Crippen LogP contribution in [0.3, 0.4) is 0 Å². The second kappa shape index (κ2) is 7.86. The first-order chi connectivity index (χ1) is 14.5. The van der Waals surface area contributed by atoms with E-state index < -0.39 is 10.8 Å². The highest BCUT2D eigenvalue weighted by Gasteiger charge is 2.34. The largest absolute Gasteiger partial charge is 0.508 e. The van der Waals surface area contributed by atoms with Gasteiger partial charge < -0.3 is 10.2 Å². The molecule has 0 saturated carbocycles. The van der Waals surface area contributed by atoms with Crippen LogP contribution in [-0.4, -0.2) is 10.2 Å². The Morgan fingerprint density at radius 2 is 0.833 bits per heavy atom. The first kappa shape index (κ1) is 20.2. The quantitative estimate of drug-likeness (QED) is 0.660. The van der Waals surface area contributed by atoms with E-state index in [1.54, 1.807) is 30.3 Å². The average Bonchev–Trinajstić information content (AvgIpc) is 2.79. The molecule has 0 aliphatic heterocycles. The summed E-state index contributed by atoms with van der Waals surface area (Å²) in [5.41, 5.74) is 0.299. The molecule has 3 aromatic carbocycles. The summed E-state index contributed by atoms with van der Waals surface area (Å²) in [5.74, 6) is 11.1. The third-order valence-corrected chi connectivity index (χ3v) is 5.20. The van der Waals surface area contributed by atoms with E-state index >= 15 is 0 Å². The molecule has 0 saturated heterocycles. The third kappa shape index (κ3) is 3.15. The van der Waals surface area contributed by atoms with Crippen molar-refractivity contribution in [2.24, 2.45) is 0 Å². The van der Waals surface area contributed by atoms with Gasteiger partial charge in [0.05, 0.1) is 0 Å². The minimum absolute atomic E-state index is 0.112. The molecule has 0 aliphatic rings. The van der Waals surface area contributed by atoms with Gasteiger partial charge in [-0.25, -0.2) is 0 Å². The lowest BCUT2D eigenvalue weighted by Gasteiger charge is -2.28. The van der Waals surface area contributed by atoms with Gasteiger partial charge in [0.1, 0.15) is 22.3 Å². The first-order valence-corrected chi connectivity index (χ1v) is 9.07. The number of terminal acetylenes is 4. The van der Waals surface area contributed by atoms with Gasteiger partial charge >= 0.3 is 0 Å². The molecule has 2 N–H and O–H groups in total. The van der Waals surface area contributed by atoms with Gasteiger partial charge in [0.15, 0.2) is 0 Å². The summed E-state index contributed by atoms with van der Waals surface area (Å²) >= 11 is 0. The highest BCUT2D eigenvalue weighted by molar-refractivity contribution is 5.61. The summed E-state index contributed by atoms with van der Waals surface area (Å²) < 4.78 is 0. The van der Waals surface area contributed by atoms with E-state index in [4.69, 9.17) is 25.7 Å². The molecule has 0 atom stereocenters. The maximum atomic E-state index is 9.63. The Hall–Kier alpha value is -4.50. The van der Waals surface area contributed by atoms with Crippen LogP contribution < -0.4 is 0 Å². The van der Waals surface area contributed by atoms with Gasteiger partial charge in [-0.1, -0.05) is 72.2 Å². The summed E-state index contributed by atoms with van der Waals surface area (Å²) in [6, 6.07) is 20.2. The van der Waals surface area contributed by atoms with Gasteiger partial charge in [0.25, 0.3) is 0 Å². The molecule has 0 radical (unpaired) electrons. The van der Waals surface area contributed by atoms with E-state index in [0.29, 0.717) is 22.3 Å². The third-order valence-electron chi connectivity index (χ3n) is 5.20. The van der Waals surface area contributed by atoms with Crippen LogP contribution in [0.15, 0.2) is 72.8 Å². The Balaban J connectivity index is 2.24. The molecule has 142 valence electrons. The highest BCUT2D eigenvalue weighted by atomic mass is 16.3. The molecule has 2 heteroatoms. The summed E-state index contributed by atoms with van der Waals surface area (Å²) in [6.45, 7) is 0. The second-order valence-electron chi connectivity index (χ2n) is 6.75. The second-order valence-corrected chi connectivity index (χ2v) is 6.75. The van der Waals surface area contributed by atoms with Crippen molar-refractivity contribution in [3.05, 3.63) is 95.1 Å². The minimum Gasteiger partial charge on any atom is -0.508 e. The fraction of sp³-hybridized carbons (Fsp3) is 0.0714. The van der Waals surface area contributed by atoms with Crippen molar-refractivity contribution in [3.63, 3.8) is 0 Å². The van der Waals surface area contributed by atoms with Gasteiger partial charge in [-0.15, -0.1) is 25.7 Å². The first-order valence-electron chi connectivity index (χ1n) is 9.07. The molecule has 0 heterocycles. The van der Waals surface area contributed by atoms with Crippen molar-refractivity contribution in [2.45, 2.75) is 10.8 Å². The van der Waals surface area contributed by atoms with Crippen LogP contribution in [0.4, 0.5) is 0 Å². The van der Waals surface area contributed by atoms with E-state index in [2.05, 4.69) is 23.7 Å². The number of hydrogen-bond acceptors (Lipinski definition) is 2. The Morgan fingerprint density at radius 1 is 0.500 bits per heavy atom. The number of rotatable bonds is 4. The van der Waals surface area contributed by atoms with E-state index in [9.17, 15) is 10.2 Å². The van der Waals surface area contributed by atoms with Crippen LogP contribution in [0.5, 0.6) is 11.5 Å². The van der Waals surface area contributed by atoms with Gasteiger partial charge in [0.2, 0.25) is 0 Å². The molecule has 0 fully saturated rings. The topological polar surface area (TPSA) is 40.5 Å². The van der Waals surface area contributed by atoms with Crippen LogP contribution in [0, 0.1) is 49.4 Å². The lowest BCUT2D eigenvalue weighted by Crippen LogP contribution is -2.27. The molecule has 2 nitrogen and oxygen atoms in total. The number of aromatic hydroxyl groups is 2. The van der Waals surface area contributed by atoms with Crippen molar-refractivity contribution in [1.82, 2.24) is 0 Å². The molecule has 0 aliphatic carbocycles.